The third kappa shape index (κ3) is 4.13. The zero-order valence-electron chi connectivity index (χ0n) is 18.1. The van der Waals surface area contributed by atoms with Gasteiger partial charge in [0.15, 0.2) is 0 Å². The molecule has 3 aromatic rings. The molecule has 0 unspecified atom stereocenters. The predicted molar refractivity (Wildman–Crippen MR) is 121 cm³/mol. The first-order chi connectivity index (χ1) is 15.9. The van der Waals surface area contributed by atoms with E-state index in [4.69, 9.17) is 4.42 Å². The lowest BCUT2D eigenvalue weighted by Crippen LogP contribution is -2.46. The van der Waals surface area contributed by atoms with Crippen LogP contribution in [0, 0.1) is 11.6 Å². The second kappa shape index (κ2) is 8.70. The van der Waals surface area contributed by atoms with Crippen molar-refractivity contribution < 1.29 is 18.3 Å². The van der Waals surface area contributed by atoms with Gasteiger partial charge >= 0.3 is 5.76 Å². The molecule has 1 aliphatic carbocycles. The van der Waals surface area contributed by atoms with Crippen LogP contribution in [-0.4, -0.2) is 31.8 Å². The van der Waals surface area contributed by atoms with E-state index in [0.29, 0.717) is 0 Å². The van der Waals surface area contributed by atoms with E-state index in [0.717, 1.165) is 12.8 Å². The average Bonchev–Trinajstić information content (AvgIpc) is 3.22. The first-order valence-electron chi connectivity index (χ1n) is 11.1. The predicted octanol–water partition coefficient (Wildman–Crippen LogP) is 4.46. The van der Waals surface area contributed by atoms with Crippen molar-refractivity contribution in [1.29, 1.82) is 0 Å². The van der Waals surface area contributed by atoms with Crippen molar-refractivity contribution in [3.63, 3.8) is 0 Å². The molecule has 2 fully saturated rings. The van der Waals surface area contributed by atoms with Gasteiger partial charge < -0.3 is 9.52 Å². The van der Waals surface area contributed by atoms with Crippen LogP contribution in [0.25, 0.3) is 0 Å². The monoisotopic (exact) mass is 473 g/mol. The largest absolute Gasteiger partial charge is 0.434 e. The van der Waals surface area contributed by atoms with Gasteiger partial charge in [0.1, 0.15) is 11.6 Å². The Morgan fingerprint density at radius 3 is 2.64 bits per heavy atom. The Morgan fingerprint density at radius 2 is 1.97 bits per heavy atom. The Balaban J connectivity index is 1.41. The summed E-state index contributed by atoms with van der Waals surface area (Å²) in [5.41, 5.74) is 0.383. The minimum atomic E-state index is -1.16. The summed E-state index contributed by atoms with van der Waals surface area (Å²) in [7, 11) is 0. The Bertz CT molecular complexity index is 1190. The highest BCUT2D eigenvalue weighted by Crippen LogP contribution is 2.49. The minimum Gasteiger partial charge on any atom is -0.393 e. The van der Waals surface area contributed by atoms with E-state index in [9.17, 15) is 9.90 Å². The fraction of sp³-hybridized carbons (Fsp3) is 0.417. The van der Waals surface area contributed by atoms with Crippen LogP contribution in [0.5, 0.6) is 0 Å². The van der Waals surface area contributed by atoms with Gasteiger partial charge in [-0.1, -0.05) is 42.3 Å². The molecule has 0 spiro atoms. The number of halogens is 2. The molecule has 1 saturated carbocycles. The molecule has 6 nitrogen and oxygen atoms in total. The van der Waals surface area contributed by atoms with Crippen LogP contribution in [0.4, 0.5) is 8.78 Å². The summed E-state index contributed by atoms with van der Waals surface area (Å²) in [6, 6.07) is 12.8. The Kier molecular flexibility index (Phi) is 5.88. The van der Waals surface area contributed by atoms with Gasteiger partial charge in [0, 0.05) is 29.0 Å². The molecule has 1 aromatic heterocycles. The Hall–Kier alpha value is -2.49. The number of benzene rings is 2. The van der Waals surface area contributed by atoms with Crippen molar-refractivity contribution in [3.05, 3.63) is 87.2 Å². The first kappa shape index (κ1) is 22.3. The van der Waals surface area contributed by atoms with Gasteiger partial charge in [-0.05, 0) is 50.3 Å². The number of hydrogen-bond acceptors (Lipinski definition) is 6. The van der Waals surface area contributed by atoms with Gasteiger partial charge in [-0.25, -0.2) is 23.0 Å². The number of aromatic nitrogens is 2. The SMILES string of the molecule is C[C@H]1CC[C@H](c2ccccc2)SN1Cc1cc(F)c([C@]2(c3n[nH]c(=O)o3)C[C@H](O)C2)cc1F. The fourth-order valence-corrected chi connectivity index (χ4v) is 6.25. The molecule has 9 heteroatoms. The van der Waals surface area contributed by atoms with Crippen LogP contribution in [0.15, 0.2) is 51.7 Å². The molecule has 2 aromatic carbocycles. The van der Waals surface area contributed by atoms with E-state index < -0.39 is 28.9 Å². The van der Waals surface area contributed by atoms with Gasteiger partial charge in [0.25, 0.3) is 0 Å². The Labute approximate surface area is 194 Å². The summed E-state index contributed by atoms with van der Waals surface area (Å²) < 4.78 is 37.8. The summed E-state index contributed by atoms with van der Waals surface area (Å²) >= 11 is 1.67. The van der Waals surface area contributed by atoms with E-state index in [1.165, 1.54) is 17.7 Å². The van der Waals surface area contributed by atoms with Crippen molar-refractivity contribution in [2.75, 3.05) is 0 Å². The van der Waals surface area contributed by atoms with E-state index in [1.807, 2.05) is 18.2 Å². The molecule has 1 aliphatic heterocycles. The molecule has 2 aliphatic rings. The second-order valence-corrected chi connectivity index (χ2v) is 10.2. The lowest BCUT2D eigenvalue weighted by atomic mass is 9.62. The fourth-order valence-electron chi connectivity index (χ4n) is 4.88. The molecular weight excluding hydrogens is 448 g/mol. The third-order valence-electron chi connectivity index (χ3n) is 6.77. The van der Waals surface area contributed by atoms with Crippen molar-refractivity contribution in [2.45, 2.75) is 62.0 Å². The zero-order chi connectivity index (χ0) is 23.2. The summed E-state index contributed by atoms with van der Waals surface area (Å²) in [4.78, 5) is 11.5. The molecule has 0 bridgehead atoms. The molecular formula is C24H25F2N3O3S. The van der Waals surface area contributed by atoms with Crippen LogP contribution in [0.1, 0.15) is 60.4 Å². The summed E-state index contributed by atoms with van der Waals surface area (Å²) in [5.74, 6) is -1.93. The maximum Gasteiger partial charge on any atom is 0.434 e. The topological polar surface area (TPSA) is 82.4 Å². The molecule has 0 amide bonds. The zero-order valence-corrected chi connectivity index (χ0v) is 18.9. The number of hydrogen-bond donors (Lipinski definition) is 2. The standard InChI is InChI=1S/C24H25F2N3O3S/c1-14-7-8-21(15-5-3-2-4-6-15)33-29(14)13-16-9-20(26)18(10-19(16)25)24(11-17(30)12-24)22-27-28-23(31)32-22/h2-6,9-10,14,17,21,30H,7-8,11-13H2,1H3,(H,28,31)/t14-,17-,21+,24-/m0/s1. The van der Waals surface area contributed by atoms with E-state index >= 15 is 8.78 Å². The number of nitrogens with zero attached hydrogens (tertiary/aromatic N) is 2. The van der Waals surface area contributed by atoms with Crippen LogP contribution in [-0.2, 0) is 12.0 Å². The highest BCUT2D eigenvalue weighted by atomic mass is 32.2. The summed E-state index contributed by atoms with van der Waals surface area (Å²) in [5, 5.41) is 16.2. The minimum absolute atomic E-state index is 0.0326. The van der Waals surface area contributed by atoms with Gasteiger partial charge in [-0.3, -0.25) is 0 Å². The van der Waals surface area contributed by atoms with Gasteiger partial charge in [0.05, 0.1) is 11.5 Å². The van der Waals surface area contributed by atoms with Gasteiger partial charge in [-0.15, -0.1) is 5.10 Å². The molecule has 5 rings (SSSR count). The lowest BCUT2D eigenvalue weighted by Gasteiger charge is -2.43. The summed E-state index contributed by atoms with van der Waals surface area (Å²) in [6.45, 7) is 2.37. The maximum absolute atomic E-state index is 15.3. The summed E-state index contributed by atoms with van der Waals surface area (Å²) in [6.07, 6.45) is 1.51. The third-order valence-corrected chi connectivity index (χ3v) is 8.29. The van der Waals surface area contributed by atoms with Crippen molar-refractivity contribution >= 4 is 11.9 Å². The van der Waals surface area contributed by atoms with Crippen LogP contribution in [0.2, 0.25) is 0 Å². The molecule has 2 N–H and O–H groups in total. The van der Waals surface area contributed by atoms with Crippen molar-refractivity contribution in [3.8, 4) is 0 Å². The molecule has 1 saturated heterocycles. The number of rotatable bonds is 5. The van der Waals surface area contributed by atoms with Crippen molar-refractivity contribution in [1.82, 2.24) is 14.5 Å². The van der Waals surface area contributed by atoms with Crippen LogP contribution >= 0.6 is 11.9 Å². The van der Waals surface area contributed by atoms with E-state index in [-0.39, 0.29) is 47.7 Å². The number of nitrogens with one attached hydrogen (secondary N) is 1. The first-order valence-corrected chi connectivity index (χ1v) is 11.9. The highest BCUT2D eigenvalue weighted by Gasteiger charge is 2.52. The smallest absolute Gasteiger partial charge is 0.393 e. The molecule has 33 heavy (non-hydrogen) atoms. The normalized spacial score (nSPS) is 27.9. The van der Waals surface area contributed by atoms with Crippen LogP contribution in [0.3, 0.4) is 0 Å². The maximum atomic E-state index is 15.3. The molecule has 0 radical (unpaired) electrons. The molecule has 2 heterocycles. The average molecular weight is 474 g/mol. The van der Waals surface area contributed by atoms with E-state index in [1.54, 1.807) is 11.9 Å². The van der Waals surface area contributed by atoms with Crippen LogP contribution < -0.4 is 5.76 Å². The van der Waals surface area contributed by atoms with E-state index in [2.05, 4.69) is 33.6 Å². The number of aliphatic hydroxyl groups is 1. The lowest BCUT2D eigenvalue weighted by molar-refractivity contribution is 0.0227. The number of aromatic amines is 1. The second-order valence-electron chi connectivity index (χ2n) is 8.99. The highest BCUT2D eigenvalue weighted by molar-refractivity contribution is 7.97. The molecule has 2 atom stereocenters. The van der Waals surface area contributed by atoms with Crippen molar-refractivity contribution in [2.24, 2.45) is 0 Å². The van der Waals surface area contributed by atoms with Gasteiger partial charge in [0.2, 0.25) is 5.89 Å². The molecule has 174 valence electrons. The Morgan fingerprint density at radius 1 is 1.21 bits per heavy atom. The number of H-pyrrole nitrogens is 1. The number of aliphatic hydroxyl groups excluding tert-OH is 1. The quantitative estimate of drug-likeness (QED) is 0.533. The van der Waals surface area contributed by atoms with Gasteiger partial charge in [-0.2, -0.15) is 0 Å².